The molecule has 3 rings (SSSR count). The summed E-state index contributed by atoms with van der Waals surface area (Å²) in [4.78, 5) is 13.0. The maximum absolute atomic E-state index is 13.5. The molecule has 5 nitrogen and oxygen atoms in total. The van der Waals surface area contributed by atoms with E-state index in [0.29, 0.717) is 12.1 Å². The van der Waals surface area contributed by atoms with Crippen molar-refractivity contribution in [1.29, 1.82) is 0 Å². The lowest BCUT2D eigenvalue weighted by molar-refractivity contribution is -0.385. The van der Waals surface area contributed by atoms with Gasteiger partial charge >= 0.3 is 0 Å². The third kappa shape index (κ3) is 3.60. The first-order valence-corrected chi connectivity index (χ1v) is 7.99. The fourth-order valence-corrected chi connectivity index (χ4v) is 3.16. The van der Waals surface area contributed by atoms with Crippen LogP contribution < -0.4 is 5.32 Å². The van der Waals surface area contributed by atoms with Crippen molar-refractivity contribution in [2.24, 2.45) is 0 Å². The normalized spacial score (nSPS) is 18.5. The Morgan fingerprint density at radius 1 is 1.33 bits per heavy atom. The highest BCUT2D eigenvalue weighted by atomic mass is 19.1. The van der Waals surface area contributed by atoms with Crippen LogP contribution in [0.5, 0.6) is 0 Å². The minimum atomic E-state index is -0.347. The first-order chi connectivity index (χ1) is 11.5. The molecule has 126 valence electrons. The minimum Gasteiger partial charge on any atom is -0.314 e. The number of hydrogen-bond acceptors (Lipinski definition) is 4. The van der Waals surface area contributed by atoms with Gasteiger partial charge in [-0.1, -0.05) is 24.3 Å². The van der Waals surface area contributed by atoms with Crippen LogP contribution in [0.25, 0.3) is 0 Å². The molecule has 1 N–H and O–H groups in total. The Labute approximate surface area is 140 Å². The Bertz CT molecular complexity index is 751. The standard InChI is InChI=1S/C18H20FN3O2/c1-13-5-6-14(9-17(13)22(23)24)12-21-8-7-20-11-18(21)15-3-2-4-16(19)10-15/h2-6,9-10,18,20H,7-8,11-12H2,1H3. The summed E-state index contributed by atoms with van der Waals surface area (Å²) >= 11 is 0. The molecular formula is C18H20FN3O2. The molecular weight excluding hydrogens is 309 g/mol. The number of nitro groups is 1. The van der Waals surface area contributed by atoms with E-state index in [2.05, 4.69) is 10.2 Å². The number of rotatable bonds is 4. The van der Waals surface area contributed by atoms with Crippen molar-refractivity contribution < 1.29 is 9.31 Å². The molecule has 0 bridgehead atoms. The summed E-state index contributed by atoms with van der Waals surface area (Å²) in [5.41, 5.74) is 2.62. The molecule has 0 aromatic heterocycles. The molecule has 24 heavy (non-hydrogen) atoms. The van der Waals surface area contributed by atoms with E-state index in [9.17, 15) is 14.5 Å². The van der Waals surface area contributed by atoms with Crippen LogP contribution in [-0.2, 0) is 6.54 Å². The van der Waals surface area contributed by atoms with Gasteiger partial charge in [0, 0.05) is 43.9 Å². The van der Waals surface area contributed by atoms with Gasteiger partial charge < -0.3 is 5.32 Å². The molecule has 2 aromatic rings. The predicted molar refractivity (Wildman–Crippen MR) is 90.3 cm³/mol. The number of nitrogens with one attached hydrogen (secondary N) is 1. The second-order valence-electron chi connectivity index (χ2n) is 6.12. The summed E-state index contributed by atoms with van der Waals surface area (Å²) in [6, 6.07) is 12.0. The van der Waals surface area contributed by atoms with Gasteiger partial charge in [0.1, 0.15) is 5.82 Å². The molecule has 0 aliphatic carbocycles. The number of nitrogens with zero attached hydrogens (tertiary/aromatic N) is 2. The highest BCUT2D eigenvalue weighted by molar-refractivity contribution is 5.42. The lowest BCUT2D eigenvalue weighted by Gasteiger charge is -2.36. The van der Waals surface area contributed by atoms with Gasteiger partial charge in [0.2, 0.25) is 0 Å². The van der Waals surface area contributed by atoms with Crippen molar-refractivity contribution in [3.8, 4) is 0 Å². The zero-order valence-electron chi connectivity index (χ0n) is 13.5. The molecule has 2 aromatic carbocycles. The van der Waals surface area contributed by atoms with Crippen LogP contribution >= 0.6 is 0 Å². The molecule has 6 heteroatoms. The van der Waals surface area contributed by atoms with E-state index in [1.54, 1.807) is 31.2 Å². The molecule has 0 radical (unpaired) electrons. The number of benzene rings is 2. The number of piperazine rings is 1. The average molecular weight is 329 g/mol. The molecule has 1 saturated heterocycles. The Balaban J connectivity index is 1.84. The molecule has 0 amide bonds. The number of hydrogen-bond donors (Lipinski definition) is 1. The van der Waals surface area contributed by atoms with Crippen LogP contribution in [0.3, 0.4) is 0 Å². The number of nitro benzene ring substituents is 1. The fraction of sp³-hybridized carbons (Fsp3) is 0.333. The molecule has 1 aliphatic rings. The van der Waals surface area contributed by atoms with Gasteiger partial charge in [-0.25, -0.2) is 4.39 Å². The van der Waals surface area contributed by atoms with Crippen LogP contribution in [0.15, 0.2) is 42.5 Å². The van der Waals surface area contributed by atoms with Crippen molar-refractivity contribution in [3.63, 3.8) is 0 Å². The lowest BCUT2D eigenvalue weighted by Crippen LogP contribution is -2.45. The van der Waals surface area contributed by atoms with E-state index >= 15 is 0 Å². The molecule has 1 unspecified atom stereocenters. The number of aryl methyl sites for hydroxylation is 1. The van der Waals surface area contributed by atoms with Crippen LogP contribution in [0.2, 0.25) is 0 Å². The van der Waals surface area contributed by atoms with E-state index in [4.69, 9.17) is 0 Å². The smallest absolute Gasteiger partial charge is 0.272 e. The highest BCUT2D eigenvalue weighted by Crippen LogP contribution is 2.26. The Morgan fingerprint density at radius 2 is 2.17 bits per heavy atom. The largest absolute Gasteiger partial charge is 0.314 e. The Morgan fingerprint density at radius 3 is 2.92 bits per heavy atom. The van der Waals surface area contributed by atoms with Crippen molar-refractivity contribution in [1.82, 2.24) is 10.2 Å². The monoisotopic (exact) mass is 329 g/mol. The molecule has 1 aliphatic heterocycles. The molecule has 1 heterocycles. The van der Waals surface area contributed by atoms with Gasteiger partial charge in [0.15, 0.2) is 0 Å². The maximum Gasteiger partial charge on any atom is 0.272 e. The first-order valence-electron chi connectivity index (χ1n) is 7.99. The first kappa shape index (κ1) is 16.5. The summed E-state index contributed by atoms with van der Waals surface area (Å²) in [7, 11) is 0. The highest BCUT2D eigenvalue weighted by Gasteiger charge is 2.24. The second kappa shape index (κ2) is 7.07. The lowest BCUT2D eigenvalue weighted by atomic mass is 10.0. The van der Waals surface area contributed by atoms with E-state index in [1.807, 2.05) is 12.1 Å². The van der Waals surface area contributed by atoms with Crippen LogP contribution in [0.4, 0.5) is 10.1 Å². The SMILES string of the molecule is Cc1ccc(CN2CCNCC2c2cccc(F)c2)cc1[N+](=O)[O-]. The van der Waals surface area contributed by atoms with Crippen molar-refractivity contribution in [2.75, 3.05) is 19.6 Å². The quantitative estimate of drug-likeness (QED) is 0.691. The summed E-state index contributed by atoms with van der Waals surface area (Å²) < 4.78 is 13.5. The molecule has 1 atom stereocenters. The zero-order valence-corrected chi connectivity index (χ0v) is 13.5. The van der Waals surface area contributed by atoms with Gasteiger partial charge in [-0.05, 0) is 30.2 Å². The summed E-state index contributed by atoms with van der Waals surface area (Å²) in [6.45, 7) is 4.73. The number of halogens is 1. The van der Waals surface area contributed by atoms with Crippen LogP contribution in [0, 0.1) is 22.9 Å². The summed E-state index contributed by atoms with van der Waals surface area (Å²) in [5.74, 6) is -0.246. The van der Waals surface area contributed by atoms with Crippen LogP contribution in [-0.4, -0.2) is 29.5 Å². The van der Waals surface area contributed by atoms with E-state index in [1.165, 1.54) is 6.07 Å². The molecule has 0 spiro atoms. The van der Waals surface area contributed by atoms with Crippen molar-refractivity contribution in [2.45, 2.75) is 19.5 Å². The maximum atomic E-state index is 13.5. The predicted octanol–water partition coefficient (Wildman–Crippen LogP) is 3.19. The second-order valence-corrected chi connectivity index (χ2v) is 6.12. The Kier molecular flexibility index (Phi) is 4.87. The minimum absolute atomic E-state index is 0.0507. The third-order valence-corrected chi connectivity index (χ3v) is 4.44. The van der Waals surface area contributed by atoms with Crippen molar-refractivity contribution >= 4 is 5.69 Å². The van der Waals surface area contributed by atoms with E-state index in [-0.39, 0.29) is 22.5 Å². The van der Waals surface area contributed by atoms with Gasteiger partial charge in [-0.2, -0.15) is 0 Å². The van der Waals surface area contributed by atoms with Gasteiger partial charge in [0.25, 0.3) is 5.69 Å². The fourth-order valence-electron chi connectivity index (χ4n) is 3.16. The summed E-state index contributed by atoms with van der Waals surface area (Å²) in [5, 5.41) is 14.5. The van der Waals surface area contributed by atoms with Gasteiger partial charge in [-0.15, -0.1) is 0 Å². The van der Waals surface area contributed by atoms with E-state index in [0.717, 1.165) is 30.8 Å². The average Bonchev–Trinajstić information content (AvgIpc) is 2.57. The molecule has 1 fully saturated rings. The topological polar surface area (TPSA) is 58.4 Å². The van der Waals surface area contributed by atoms with E-state index < -0.39 is 0 Å². The van der Waals surface area contributed by atoms with Crippen LogP contribution in [0.1, 0.15) is 22.7 Å². The van der Waals surface area contributed by atoms with Gasteiger partial charge in [0.05, 0.1) is 4.92 Å². The van der Waals surface area contributed by atoms with Crippen molar-refractivity contribution in [3.05, 3.63) is 75.1 Å². The third-order valence-electron chi connectivity index (χ3n) is 4.44. The zero-order chi connectivity index (χ0) is 17.1. The van der Waals surface area contributed by atoms with Gasteiger partial charge in [-0.3, -0.25) is 15.0 Å². The summed E-state index contributed by atoms with van der Waals surface area (Å²) in [6.07, 6.45) is 0. The molecule has 0 saturated carbocycles. The Hall–Kier alpha value is -2.31.